The zero-order valence-electron chi connectivity index (χ0n) is 6.20. The van der Waals surface area contributed by atoms with E-state index in [4.69, 9.17) is 11.6 Å². The van der Waals surface area contributed by atoms with Gasteiger partial charge in [-0.3, -0.25) is 0 Å². The van der Waals surface area contributed by atoms with Crippen LogP contribution in [-0.4, -0.2) is 8.42 Å². The Hall–Kier alpha value is -0.850. The summed E-state index contributed by atoms with van der Waals surface area (Å²) in [5.74, 6) is -1.48. The van der Waals surface area contributed by atoms with Crippen molar-refractivity contribution < 1.29 is 17.0 Å². The van der Waals surface area contributed by atoms with Gasteiger partial charge in [-0.1, -0.05) is 17.7 Å². The monoisotopic (exact) mass is 225 g/mol. The summed E-state index contributed by atoms with van der Waals surface area (Å²) in [6.07, 6.45) is 0. The molecule has 0 saturated heterocycles. The van der Waals surface area contributed by atoms with E-state index in [-0.39, 0.29) is 5.02 Å². The summed E-state index contributed by atoms with van der Waals surface area (Å²) in [6, 6.07) is 3.60. The number of nitrogens with two attached hydrogens (primary N) is 1. The van der Waals surface area contributed by atoms with Crippen molar-refractivity contribution in [3.05, 3.63) is 29.0 Å². The highest BCUT2D eigenvalue weighted by Crippen LogP contribution is 2.27. The number of hydrogen-bond donors (Lipinski definition) is 1. The zero-order chi connectivity index (χ0) is 10.1. The molecular formula is C6H5ClFNO3S. The number of rotatable bonds is 2. The second-order valence-electron chi connectivity index (χ2n) is 2.13. The van der Waals surface area contributed by atoms with Gasteiger partial charge in [0.15, 0.2) is 11.6 Å². The van der Waals surface area contributed by atoms with Crippen LogP contribution in [0.5, 0.6) is 5.75 Å². The van der Waals surface area contributed by atoms with Crippen molar-refractivity contribution in [1.29, 1.82) is 0 Å². The smallest absolute Gasteiger partial charge is 0.366 e. The summed E-state index contributed by atoms with van der Waals surface area (Å²) in [4.78, 5) is 0. The maximum atomic E-state index is 12.9. The highest BCUT2D eigenvalue weighted by molar-refractivity contribution is 7.84. The first-order chi connectivity index (χ1) is 5.90. The molecule has 0 aromatic heterocycles. The molecule has 0 aliphatic heterocycles. The van der Waals surface area contributed by atoms with Crippen LogP contribution in [0, 0.1) is 5.82 Å². The van der Waals surface area contributed by atoms with Crippen LogP contribution in [0.25, 0.3) is 0 Å². The van der Waals surface area contributed by atoms with E-state index in [0.717, 1.165) is 6.07 Å². The Balaban J connectivity index is 3.15. The fourth-order valence-electron chi connectivity index (χ4n) is 0.678. The summed E-state index contributed by atoms with van der Waals surface area (Å²) in [5, 5.41) is 4.37. The molecule has 0 aliphatic carbocycles. The molecule has 0 bridgehead atoms. The van der Waals surface area contributed by atoms with Gasteiger partial charge in [0.1, 0.15) is 0 Å². The van der Waals surface area contributed by atoms with Crippen LogP contribution < -0.4 is 9.32 Å². The van der Waals surface area contributed by atoms with E-state index in [1.807, 2.05) is 0 Å². The van der Waals surface area contributed by atoms with E-state index in [1.165, 1.54) is 12.1 Å². The van der Waals surface area contributed by atoms with E-state index >= 15 is 0 Å². The molecular weight excluding hydrogens is 221 g/mol. The lowest BCUT2D eigenvalue weighted by Crippen LogP contribution is -2.19. The van der Waals surface area contributed by atoms with Crippen molar-refractivity contribution in [2.75, 3.05) is 0 Å². The Kier molecular flexibility index (Phi) is 2.74. The van der Waals surface area contributed by atoms with Crippen LogP contribution in [-0.2, 0) is 10.3 Å². The van der Waals surface area contributed by atoms with Crippen LogP contribution in [0.15, 0.2) is 18.2 Å². The molecule has 0 unspecified atom stereocenters. The van der Waals surface area contributed by atoms with E-state index in [2.05, 4.69) is 9.32 Å². The largest absolute Gasteiger partial charge is 0.380 e. The summed E-state index contributed by atoms with van der Waals surface area (Å²) in [7, 11) is -4.25. The SMILES string of the molecule is NS(=O)(=O)Oc1c(F)cccc1Cl. The van der Waals surface area contributed by atoms with Gasteiger partial charge in [0.05, 0.1) is 5.02 Å². The van der Waals surface area contributed by atoms with Gasteiger partial charge in [0.25, 0.3) is 0 Å². The average Bonchev–Trinajstić information content (AvgIpc) is 1.95. The lowest BCUT2D eigenvalue weighted by Gasteiger charge is -2.04. The van der Waals surface area contributed by atoms with Crippen molar-refractivity contribution in [1.82, 2.24) is 0 Å². The van der Waals surface area contributed by atoms with Gasteiger partial charge in [-0.2, -0.15) is 13.6 Å². The van der Waals surface area contributed by atoms with E-state index in [0.29, 0.717) is 0 Å². The van der Waals surface area contributed by atoms with Crippen LogP contribution in [0.2, 0.25) is 5.02 Å². The van der Waals surface area contributed by atoms with Gasteiger partial charge in [-0.05, 0) is 12.1 Å². The lowest BCUT2D eigenvalue weighted by atomic mass is 10.3. The van der Waals surface area contributed by atoms with Gasteiger partial charge < -0.3 is 4.18 Å². The minimum Gasteiger partial charge on any atom is -0.366 e. The Morgan fingerprint density at radius 1 is 1.46 bits per heavy atom. The van der Waals surface area contributed by atoms with Crippen molar-refractivity contribution in [3.8, 4) is 5.75 Å². The summed E-state index contributed by atoms with van der Waals surface area (Å²) in [5.41, 5.74) is 0. The summed E-state index contributed by atoms with van der Waals surface area (Å²) >= 11 is 5.45. The first-order valence-corrected chi connectivity index (χ1v) is 4.91. The molecule has 1 aromatic rings. The van der Waals surface area contributed by atoms with E-state index < -0.39 is 21.9 Å². The molecule has 0 spiro atoms. The third kappa shape index (κ3) is 2.83. The molecule has 1 aromatic carbocycles. The fraction of sp³-hybridized carbons (Fsp3) is 0. The van der Waals surface area contributed by atoms with Gasteiger partial charge >= 0.3 is 10.3 Å². The molecule has 13 heavy (non-hydrogen) atoms. The fourth-order valence-corrected chi connectivity index (χ4v) is 1.33. The first-order valence-electron chi connectivity index (χ1n) is 3.06. The molecule has 4 nitrogen and oxygen atoms in total. The maximum Gasteiger partial charge on any atom is 0.380 e. The van der Waals surface area contributed by atoms with Crippen molar-refractivity contribution in [3.63, 3.8) is 0 Å². The molecule has 2 N–H and O–H groups in total. The summed E-state index contributed by atoms with van der Waals surface area (Å²) < 4.78 is 37.8. The first kappa shape index (κ1) is 10.2. The summed E-state index contributed by atoms with van der Waals surface area (Å²) in [6.45, 7) is 0. The number of benzene rings is 1. The highest BCUT2D eigenvalue weighted by atomic mass is 35.5. The molecule has 0 aliphatic rings. The minimum atomic E-state index is -4.25. The van der Waals surface area contributed by atoms with Crippen LogP contribution in [0.4, 0.5) is 4.39 Å². The lowest BCUT2D eigenvalue weighted by molar-refractivity contribution is 0.463. The molecule has 7 heteroatoms. The number of para-hydroxylation sites is 1. The standard InChI is InChI=1S/C6H5ClFNO3S/c7-4-2-1-3-5(8)6(4)12-13(9,10)11/h1-3H,(H2,9,10,11). The normalized spacial score (nSPS) is 11.3. The van der Waals surface area contributed by atoms with Gasteiger partial charge in [-0.15, -0.1) is 0 Å². The van der Waals surface area contributed by atoms with Gasteiger partial charge in [0, 0.05) is 0 Å². The average molecular weight is 226 g/mol. The zero-order valence-corrected chi connectivity index (χ0v) is 7.77. The Bertz CT molecular complexity index is 400. The van der Waals surface area contributed by atoms with Crippen LogP contribution in [0.1, 0.15) is 0 Å². The second-order valence-corrected chi connectivity index (χ2v) is 3.69. The van der Waals surface area contributed by atoms with Crippen molar-refractivity contribution >= 4 is 21.9 Å². The van der Waals surface area contributed by atoms with Crippen molar-refractivity contribution in [2.24, 2.45) is 5.14 Å². The van der Waals surface area contributed by atoms with E-state index in [1.54, 1.807) is 0 Å². The van der Waals surface area contributed by atoms with Crippen LogP contribution in [0.3, 0.4) is 0 Å². The topological polar surface area (TPSA) is 69.4 Å². The minimum absolute atomic E-state index is 0.158. The number of hydrogen-bond acceptors (Lipinski definition) is 3. The quantitative estimate of drug-likeness (QED) is 0.818. The maximum absolute atomic E-state index is 12.9. The Labute approximate surface area is 79.3 Å². The third-order valence-corrected chi connectivity index (χ3v) is 1.82. The van der Waals surface area contributed by atoms with Gasteiger partial charge in [0.2, 0.25) is 0 Å². The van der Waals surface area contributed by atoms with Gasteiger partial charge in [-0.25, -0.2) is 4.39 Å². The predicted octanol–water partition coefficient (Wildman–Crippen LogP) is 1.06. The third-order valence-electron chi connectivity index (χ3n) is 1.12. The second kappa shape index (κ2) is 3.49. The number of halogens is 2. The molecule has 1 rings (SSSR count). The molecule has 0 atom stereocenters. The Morgan fingerprint density at radius 3 is 2.54 bits per heavy atom. The molecule has 0 amide bonds. The molecule has 0 radical (unpaired) electrons. The molecule has 0 heterocycles. The highest BCUT2D eigenvalue weighted by Gasteiger charge is 2.13. The predicted molar refractivity (Wildman–Crippen MR) is 45.1 cm³/mol. The molecule has 0 fully saturated rings. The van der Waals surface area contributed by atoms with Crippen LogP contribution >= 0.6 is 11.6 Å². The Morgan fingerprint density at radius 2 is 2.08 bits per heavy atom. The molecule has 0 saturated carbocycles. The molecule has 72 valence electrons. The van der Waals surface area contributed by atoms with E-state index in [9.17, 15) is 12.8 Å². The van der Waals surface area contributed by atoms with Crippen molar-refractivity contribution in [2.45, 2.75) is 0 Å².